The van der Waals surface area contributed by atoms with Gasteiger partial charge in [-0.25, -0.2) is 8.42 Å². The number of nitrogens with one attached hydrogen (secondary N) is 1. The molecular formula is C6H14NO4S2-. The molecule has 0 rings (SSSR count). The Kier molecular flexibility index (Phi) is 6.48. The van der Waals surface area contributed by atoms with Gasteiger partial charge in [-0.15, -0.1) is 4.13 Å². The zero-order valence-electron chi connectivity index (χ0n) is 7.49. The van der Waals surface area contributed by atoms with Crippen LogP contribution in [-0.4, -0.2) is 22.9 Å². The zero-order valence-corrected chi connectivity index (χ0v) is 9.12. The van der Waals surface area contributed by atoms with Gasteiger partial charge in [-0.1, -0.05) is 26.2 Å². The summed E-state index contributed by atoms with van der Waals surface area (Å²) in [7, 11) is -3.62. The number of sulfonamides is 1. The van der Waals surface area contributed by atoms with Crippen LogP contribution in [0.25, 0.3) is 0 Å². The summed E-state index contributed by atoms with van der Waals surface area (Å²) in [5.41, 5.74) is 0. The Morgan fingerprint density at radius 2 is 1.92 bits per heavy atom. The second kappa shape index (κ2) is 6.47. The van der Waals surface area contributed by atoms with Crippen LogP contribution in [-0.2, 0) is 21.3 Å². The Labute approximate surface area is 81.4 Å². The minimum Gasteiger partial charge on any atom is -0.759 e. The molecule has 0 aromatic rings. The largest absolute Gasteiger partial charge is 0.759 e. The first kappa shape index (κ1) is 13.0. The van der Waals surface area contributed by atoms with E-state index in [0.717, 1.165) is 19.3 Å². The highest BCUT2D eigenvalue weighted by atomic mass is 32.3. The monoisotopic (exact) mass is 228 g/mol. The van der Waals surface area contributed by atoms with E-state index in [0.29, 0.717) is 6.42 Å². The first-order chi connectivity index (χ1) is 5.98. The highest BCUT2D eigenvalue weighted by Crippen LogP contribution is 2.01. The molecule has 1 N–H and O–H groups in total. The molecule has 0 aliphatic rings. The van der Waals surface area contributed by atoms with Crippen LogP contribution in [0.2, 0.25) is 0 Å². The Bertz CT molecular complexity index is 249. The summed E-state index contributed by atoms with van der Waals surface area (Å²) in [5, 5.41) is 0. The van der Waals surface area contributed by atoms with Crippen LogP contribution in [0, 0.1) is 0 Å². The number of hydrogen-bond donors (Lipinski definition) is 1. The van der Waals surface area contributed by atoms with E-state index in [-0.39, 0.29) is 5.75 Å². The molecule has 0 spiro atoms. The molecule has 13 heavy (non-hydrogen) atoms. The first-order valence-electron chi connectivity index (χ1n) is 4.07. The number of unbranched alkanes of at least 4 members (excludes halogenated alkanes) is 3. The van der Waals surface area contributed by atoms with E-state index in [1.54, 1.807) is 0 Å². The van der Waals surface area contributed by atoms with Gasteiger partial charge in [0.25, 0.3) is 0 Å². The minimum absolute atomic E-state index is 0.124. The first-order valence-corrected chi connectivity index (χ1v) is 6.80. The molecule has 0 amide bonds. The van der Waals surface area contributed by atoms with Gasteiger partial charge >= 0.3 is 0 Å². The molecule has 0 aromatic heterocycles. The molecule has 0 radical (unpaired) electrons. The molecule has 1 atom stereocenters. The van der Waals surface area contributed by atoms with Crippen molar-refractivity contribution < 1.29 is 17.2 Å². The average Bonchev–Trinajstić information content (AvgIpc) is 1.95. The molecule has 0 bridgehead atoms. The zero-order chi connectivity index (χ0) is 10.3. The number of rotatable bonds is 7. The predicted molar refractivity (Wildman–Crippen MR) is 50.0 cm³/mol. The van der Waals surface area contributed by atoms with E-state index < -0.39 is 21.3 Å². The lowest BCUT2D eigenvalue weighted by molar-refractivity contribution is 0.529. The van der Waals surface area contributed by atoms with Crippen molar-refractivity contribution in [2.24, 2.45) is 0 Å². The Morgan fingerprint density at radius 3 is 2.38 bits per heavy atom. The van der Waals surface area contributed by atoms with Crippen LogP contribution in [0.3, 0.4) is 0 Å². The summed E-state index contributed by atoms with van der Waals surface area (Å²) in [6.07, 6.45) is 3.29. The van der Waals surface area contributed by atoms with Gasteiger partial charge in [0, 0.05) is 11.3 Å². The van der Waals surface area contributed by atoms with Gasteiger partial charge < -0.3 is 4.55 Å². The summed E-state index contributed by atoms with van der Waals surface area (Å²) >= 11 is -2.73. The molecule has 0 saturated heterocycles. The van der Waals surface area contributed by atoms with Gasteiger partial charge in [0.05, 0.1) is 5.75 Å². The lowest BCUT2D eigenvalue weighted by atomic mass is 10.2. The fourth-order valence-electron chi connectivity index (χ4n) is 0.864. The van der Waals surface area contributed by atoms with E-state index in [9.17, 15) is 17.2 Å². The number of hydrogen-bond acceptors (Lipinski definition) is 4. The van der Waals surface area contributed by atoms with Crippen LogP contribution in [0.15, 0.2) is 0 Å². The third-order valence-corrected chi connectivity index (χ3v) is 3.85. The van der Waals surface area contributed by atoms with Crippen molar-refractivity contribution in [1.82, 2.24) is 4.13 Å². The average molecular weight is 228 g/mol. The fourth-order valence-corrected chi connectivity index (χ4v) is 2.61. The summed E-state index contributed by atoms with van der Waals surface area (Å²) in [4.78, 5) is 0. The van der Waals surface area contributed by atoms with Crippen LogP contribution in [0.4, 0.5) is 0 Å². The molecular weight excluding hydrogens is 214 g/mol. The Morgan fingerprint density at radius 1 is 1.31 bits per heavy atom. The molecule has 0 saturated carbocycles. The summed E-state index contributed by atoms with van der Waals surface area (Å²) in [5.74, 6) is -0.124. The third kappa shape index (κ3) is 8.35. The van der Waals surface area contributed by atoms with E-state index in [1.807, 2.05) is 6.92 Å². The molecule has 5 nitrogen and oxygen atoms in total. The lowest BCUT2D eigenvalue weighted by Crippen LogP contribution is -2.27. The van der Waals surface area contributed by atoms with Gasteiger partial charge in [0.2, 0.25) is 10.0 Å². The maximum Gasteiger partial charge on any atom is 0.221 e. The molecule has 0 aliphatic heterocycles. The smallest absolute Gasteiger partial charge is 0.221 e. The molecule has 7 heteroatoms. The summed E-state index contributed by atoms with van der Waals surface area (Å²) < 4.78 is 43.3. The molecule has 0 aliphatic carbocycles. The molecule has 1 unspecified atom stereocenters. The van der Waals surface area contributed by atoms with Crippen molar-refractivity contribution in [3.63, 3.8) is 0 Å². The minimum atomic E-state index is -3.62. The normalized spacial score (nSPS) is 14.3. The summed E-state index contributed by atoms with van der Waals surface area (Å²) in [6, 6.07) is 0. The van der Waals surface area contributed by atoms with Crippen molar-refractivity contribution in [1.29, 1.82) is 0 Å². The van der Waals surface area contributed by atoms with Crippen LogP contribution in [0.1, 0.15) is 32.6 Å². The van der Waals surface area contributed by atoms with Gasteiger partial charge in [-0.2, -0.15) is 0 Å². The van der Waals surface area contributed by atoms with Crippen LogP contribution < -0.4 is 4.13 Å². The van der Waals surface area contributed by atoms with Gasteiger partial charge in [0.15, 0.2) is 0 Å². The van der Waals surface area contributed by atoms with Crippen molar-refractivity contribution in [2.45, 2.75) is 32.6 Å². The molecule has 0 heterocycles. The van der Waals surface area contributed by atoms with E-state index >= 15 is 0 Å². The van der Waals surface area contributed by atoms with Crippen LogP contribution >= 0.6 is 0 Å². The van der Waals surface area contributed by atoms with Crippen LogP contribution in [0.5, 0.6) is 0 Å². The van der Waals surface area contributed by atoms with E-state index in [4.69, 9.17) is 0 Å². The quantitative estimate of drug-likeness (QED) is 0.501. The van der Waals surface area contributed by atoms with Crippen molar-refractivity contribution in [2.75, 3.05) is 5.75 Å². The Hall–Kier alpha value is 0.0200. The standard InChI is InChI=1S/C6H15NO4S2/c1-2-3-4-5-6-13(10,11)7-12(8)9/h7H,2-6H2,1H3,(H,8,9)/p-1. The Balaban J connectivity index is 3.71. The maximum absolute atomic E-state index is 10.9. The molecule has 0 fully saturated rings. The van der Waals surface area contributed by atoms with Crippen molar-refractivity contribution in [3.05, 3.63) is 0 Å². The maximum atomic E-state index is 10.9. The van der Waals surface area contributed by atoms with Gasteiger partial charge in [-0.3, -0.25) is 4.21 Å². The second-order valence-corrected chi connectivity index (χ2v) is 5.47. The molecule has 0 aromatic carbocycles. The van der Waals surface area contributed by atoms with Gasteiger partial charge in [-0.05, 0) is 6.42 Å². The van der Waals surface area contributed by atoms with E-state index in [1.165, 1.54) is 4.13 Å². The SMILES string of the molecule is CCCCCCS(=O)(=O)NS(=O)[O-]. The van der Waals surface area contributed by atoms with Crippen molar-refractivity contribution in [3.8, 4) is 0 Å². The summed E-state index contributed by atoms with van der Waals surface area (Å²) in [6.45, 7) is 2.01. The van der Waals surface area contributed by atoms with Crippen molar-refractivity contribution >= 4 is 21.3 Å². The van der Waals surface area contributed by atoms with E-state index in [2.05, 4.69) is 0 Å². The highest BCUT2D eigenvalue weighted by molar-refractivity contribution is 7.99. The third-order valence-electron chi connectivity index (χ3n) is 1.46. The van der Waals surface area contributed by atoms with Gasteiger partial charge in [0.1, 0.15) is 0 Å². The highest BCUT2D eigenvalue weighted by Gasteiger charge is 2.08. The lowest BCUT2D eigenvalue weighted by Gasteiger charge is -2.07. The topological polar surface area (TPSA) is 86.3 Å². The second-order valence-electron chi connectivity index (χ2n) is 2.70. The predicted octanol–water partition coefficient (Wildman–Crippen LogP) is 0.280. The fraction of sp³-hybridized carbons (Fsp3) is 1.00. The molecule has 80 valence electrons.